The van der Waals surface area contributed by atoms with Crippen LogP contribution in [0.4, 0.5) is 0 Å². The third-order valence-corrected chi connectivity index (χ3v) is 3.47. The molecule has 5 nitrogen and oxygen atoms in total. The van der Waals surface area contributed by atoms with E-state index in [1.54, 1.807) is 6.21 Å². The summed E-state index contributed by atoms with van der Waals surface area (Å²) in [6.07, 6.45) is 4.81. The van der Waals surface area contributed by atoms with Crippen LogP contribution in [0.2, 0.25) is 0 Å². The first kappa shape index (κ1) is 14.5. The van der Waals surface area contributed by atoms with Crippen LogP contribution in [0.25, 0.3) is 0 Å². The van der Waals surface area contributed by atoms with Crippen molar-refractivity contribution in [1.82, 2.24) is 14.9 Å². The number of aromatic nitrogens is 3. The molecule has 0 amide bonds. The fourth-order valence-electron chi connectivity index (χ4n) is 1.79. The summed E-state index contributed by atoms with van der Waals surface area (Å²) in [5.74, 6) is 0.823. The van der Waals surface area contributed by atoms with Crippen molar-refractivity contribution < 1.29 is 4.74 Å². The van der Waals surface area contributed by atoms with Gasteiger partial charge in [0.05, 0.1) is 6.21 Å². The highest BCUT2D eigenvalue weighted by Crippen LogP contribution is 2.15. The van der Waals surface area contributed by atoms with Gasteiger partial charge in [0, 0.05) is 4.47 Å². The van der Waals surface area contributed by atoms with Crippen LogP contribution in [-0.2, 0) is 6.61 Å². The molecule has 0 spiro atoms. The lowest BCUT2D eigenvalue weighted by Crippen LogP contribution is -1.95. The summed E-state index contributed by atoms with van der Waals surface area (Å²) in [7, 11) is 0. The minimum atomic E-state index is 0.543. The van der Waals surface area contributed by atoms with E-state index in [4.69, 9.17) is 4.74 Å². The molecule has 3 aromatic rings. The van der Waals surface area contributed by atoms with Crippen LogP contribution in [0.1, 0.15) is 11.1 Å². The number of rotatable bonds is 5. The molecule has 3 rings (SSSR count). The van der Waals surface area contributed by atoms with Crippen molar-refractivity contribution in [3.8, 4) is 5.75 Å². The molecule has 6 heteroatoms. The highest BCUT2D eigenvalue weighted by Gasteiger charge is 1.97. The van der Waals surface area contributed by atoms with E-state index in [1.807, 2.05) is 48.5 Å². The van der Waals surface area contributed by atoms with Crippen molar-refractivity contribution in [3.63, 3.8) is 0 Å². The fourth-order valence-corrected chi connectivity index (χ4v) is 2.05. The van der Waals surface area contributed by atoms with Crippen molar-refractivity contribution in [2.45, 2.75) is 6.61 Å². The summed E-state index contributed by atoms with van der Waals surface area (Å²) >= 11 is 3.42. The van der Waals surface area contributed by atoms with Crippen LogP contribution >= 0.6 is 15.9 Å². The van der Waals surface area contributed by atoms with Crippen LogP contribution in [0, 0.1) is 0 Å². The van der Waals surface area contributed by atoms with E-state index in [-0.39, 0.29) is 0 Å². The number of nitrogens with zero attached hydrogens (tertiary/aromatic N) is 4. The average Bonchev–Trinajstić information content (AvgIpc) is 3.07. The van der Waals surface area contributed by atoms with Crippen LogP contribution in [-0.4, -0.2) is 21.1 Å². The Hall–Kier alpha value is -2.47. The van der Waals surface area contributed by atoms with Crippen molar-refractivity contribution in [2.24, 2.45) is 5.10 Å². The summed E-state index contributed by atoms with van der Waals surface area (Å²) in [5, 5.41) is 11.6. The predicted octanol–water partition coefficient (Wildman–Crippen LogP) is 3.50. The Balaban J connectivity index is 1.58. The van der Waals surface area contributed by atoms with Gasteiger partial charge < -0.3 is 4.74 Å². The number of hydrogen-bond acceptors (Lipinski definition) is 4. The molecule has 0 fully saturated rings. The number of halogens is 1. The van der Waals surface area contributed by atoms with E-state index in [9.17, 15) is 0 Å². The molecule has 0 saturated heterocycles. The van der Waals surface area contributed by atoms with Gasteiger partial charge in [0.15, 0.2) is 0 Å². The van der Waals surface area contributed by atoms with Crippen molar-refractivity contribution in [2.75, 3.05) is 0 Å². The molecule has 0 unspecified atom stereocenters. The van der Waals surface area contributed by atoms with E-state index >= 15 is 0 Å². The highest BCUT2D eigenvalue weighted by molar-refractivity contribution is 9.10. The van der Waals surface area contributed by atoms with Crippen LogP contribution in [0.3, 0.4) is 0 Å². The Labute approximate surface area is 136 Å². The quantitative estimate of drug-likeness (QED) is 0.657. The fraction of sp³-hybridized carbons (Fsp3) is 0.0625. The lowest BCUT2D eigenvalue weighted by molar-refractivity contribution is 0.306. The van der Waals surface area contributed by atoms with E-state index in [2.05, 4.69) is 31.2 Å². The summed E-state index contributed by atoms with van der Waals surface area (Å²) in [6, 6.07) is 15.8. The van der Waals surface area contributed by atoms with Gasteiger partial charge in [-0.15, -0.1) is 10.2 Å². The van der Waals surface area contributed by atoms with Gasteiger partial charge in [-0.3, -0.25) is 0 Å². The van der Waals surface area contributed by atoms with Gasteiger partial charge in [0.2, 0.25) is 0 Å². The van der Waals surface area contributed by atoms with Gasteiger partial charge in [-0.1, -0.05) is 28.1 Å². The van der Waals surface area contributed by atoms with Gasteiger partial charge in [0.25, 0.3) is 0 Å². The van der Waals surface area contributed by atoms with E-state index < -0.39 is 0 Å². The molecule has 0 saturated carbocycles. The van der Waals surface area contributed by atoms with Crippen LogP contribution in [0.5, 0.6) is 5.75 Å². The molecule has 110 valence electrons. The molecule has 1 heterocycles. The Morgan fingerprint density at radius 3 is 2.36 bits per heavy atom. The monoisotopic (exact) mass is 356 g/mol. The second-order valence-electron chi connectivity index (χ2n) is 4.57. The Kier molecular flexibility index (Phi) is 4.60. The normalized spacial score (nSPS) is 11.0. The second kappa shape index (κ2) is 7.00. The third kappa shape index (κ3) is 4.02. The van der Waals surface area contributed by atoms with E-state index in [0.717, 1.165) is 21.3 Å². The molecule has 0 aliphatic carbocycles. The van der Waals surface area contributed by atoms with E-state index in [0.29, 0.717) is 6.61 Å². The van der Waals surface area contributed by atoms with Crippen LogP contribution < -0.4 is 4.74 Å². The van der Waals surface area contributed by atoms with E-state index in [1.165, 1.54) is 17.3 Å². The summed E-state index contributed by atoms with van der Waals surface area (Å²) in [5.41, 5.74) is 2.10. The smallest absolute Gasteiger partial charge is 0.141 e. The minimum Gasteiger partial charge on any atom is -0.489 e. The molecular weight excluding hydrogens is 344 g/mol. The van der Waals surface area contributed by atoms with Crippen molar-refractivity contribution in [3.05, 3.63) is 76.8 Å². The standard InChI is InChI=1S/C16H13BrN4O/c17-15-5-1-14(2-6-15)10-22-16-7-3-13(4-8-16)9-20-21-11-18-19-12-21/h1-9,11-12H,10H2/b20-9-. The van der Waals surface area contributed by atoms with Gasteiger partial charge in [-0.2, -0.15) is 5.10 Å². The van der Waals surface area contributed by atoms with Gasteiger partial charge in [-0.25, -0.2) is 4.68 Å². The summed E-state index contributed by atoms with van der Waals surface area (Å²) in [6.45, 7) is 0.543. The SMILES string of the molecule is Brc1ccc(COc2ccc(/C=N\n3cnnc3)cc2)cc1. The molecule has 0 aliphatic heterocycles. The van der Waals surface area contributed by atoms with Gasteiger partial charge in [0.1, 0.15) is 25.0 Å². The summed E-state index contributed by atoms with van der Waals surface area (Å²) < 4.78 is 8.35. The maximum absolute atomic E-state index is 5.75. The first-order chi connectivity index (χ1) is 10.8. The third-order valence-electron chi connectivity index (χ3n) is 2.95. The maximum Gasteiger partial charge on any atom is 0.141 e. The van der Waals surface area contributed by atoms with Crippen LogP contribution in [0.15, 0.2) is 70.8 Å². The molecular formula is C16H13BrN4O. The zero-order valence-corrected chi connectivity index (χ0v) is 13.2. The molecule has 0 N–H and O–H groups in total. The molecule has 22 heavy (non-hydrogen) atoms. The lowest BCUT2D eigenvalue weighted by atomic mass is 10.2. The Bertz CT molecular complexity index is 737. The molecule has 0 atom stereocenters. The Morgan fingerprint density at radius 1 is 1.00 bits per heavy atom. The largest absolute Gasteiger partial charge is 0.489 e. The number of ether oxygens (including phenoxy) is 1. The maximum atomic E-state index is 5.75. The minimum absolute atomic E-state index is 0.543. The zero-order chi connectivity index (χ0) is 15.2. The van der Waals surface area contributed by atoms with Crippen molar-refractivity contribution >= 4 is 22.1 Å². The predicted molar refractivity (Wildman–Crippen MR) is 87.9 cm³/mol. The molecule has 1 aromatic heterocycles. The van der Waals surface area contributed by atoms with Crippen molar-refractivity contribution in [1.29, 1.82) is 0 Å². The topological polar surface area (TPSA) is 52.3 Å². The molecule has 0 aliphatic rings. The highest BCUT2D eigenvalue weighted by atomic mass is 79.9. The number of benzene rings is 2. The molecule has 0 bridgehead atoms. The second-order valence-corrected chi connectivity index (χ2v) is 5.49. The first-order valence-electron chi connectivity index (χ1n) is 6.66. The number of hydrogen-bond donors (Lipinski definition) is 0. The molecule has 0 radical (unpaired) electrons. The Morgan fingerprint density at radius 2 is 1.68 bits per heavy atom. The average molecular weight is 357 g/mol. The zero-order valence-electron chi connectivity index (χ0n) is 11.6. The summed E-state index contributed by atoms with van der Waals surface area (Å²) in [4.78, 5) is 0. The molecule has 2 aromatic carbocycles. The lowest BCUT2D eigenvalue weighted by Gasteiger charge is -2.06. The van der Waals surface area contributed by atoms with Gasteiger partial charge >= 0.3 is 0 Å². The van der Waals surface area contributed by atoms with Gasteiger partial charge in [-0.05, 0) is 47.5 Å². The first-order valence-corrected chi connectivity index (χ1v) is 7.45.